The Bertz CT molecular complexity index is 741. The molecule has 7 heteroatoms. The van der Waals surface area contributed by atoms with E-state index in [1.807, 2.05) is 13.0 Å². The largest absolute Gasteiger partial charge is 0.471 e. The molecule has 2 aliphatic rings. The van der Waals surface area contributed by atoms with Gasteiger partial charge in [0.05, 0.1) is 12.2 Å². The second-order valence-corrected chi connectivity index (χ2v) is 6.43. The van der Waals surface area contributed by atoms with Crippen LogP contribution < -0.4 is 4.74 Å². The maximum Gasteiger partial charge on any atom is 0.276 e. The molecule has 0 N–H and O–H groups in total. The molecule has 0 spiro atoms. The molecular formula is C17H20N4O3. The summed E-state index contributed by atoms with van der Waals surface area (Å²) < 4.78 is 11.2. The minimum atomic E-state index is -0.0614. The van der Waals surface area contributed by atoms with Gasteiger partial charge >= 0.3 is 0 Å². The minimum Gasteiger partial charge on any atom is -0.471 e. The quantitative estimate of drug-likeness (QED) is 0.856. The molecule has 0 saturated carbocycles. The fraction of sp³-hybridized carbons (Fsp3) is 0.529. The summed E-state index contributed by atoms with van der Waals surface area (Å²) >= 11 is 0. The zero-order valence-electron chi connectivity index (χ0n) is 13.7. The van der Waals surface area contributed by atoms with Crippen molar-refractivity contribution in [2.75, 3.05) is 13.1 Å². The molecule has 1 amide bonds. The Morgan fingerprint density at radius 1 is 1.29 bits per heavy atom. The Balaban J connectivity index is 1.42. The molecule has 4 rings (SSSR count). The van der Waals surface area contributed by atoms with Gasteiger partial charge in [-0.3, -0.25) is 4.79 Å². The Labute approximate surface area is 140 Å². The summed E-state index contributed by atoms with van der Waals surface area (Å²) in [6.07, 6.45) is 4.68. The van der Waals surface area contributed by atoms with Crippen LogP contribution in [0.3, 0.4) is 0 Å². The molecule has 0 radical (unpaired) electrons. The lowest BCUT2D eigenvalue weighted by Gasteiger charge is -2.17. The van der Waals surface area contributed by atoms with Crippen molar-refractivity contribution >= 4 is 5.91 Å². The third kappa shape index (κ3) is 2.86. The fourth-order valence-corrected chi connectivity index (χ4v) is 3.33. The van der Waals surface area contributed by atoms with Crippen LogP contribution in [0.25, 0.3) is 0 Å². The van der Waals surface area contributed by atoms with E-state index in [1.54, 1.807) is 11.0 Å². The zero-order chi connectivity index (χ0) is 16.5. The van der Waals surface area contributed by atoms with Gasteiger partial charge in [0, 0.05) is 31.0 Å². The summed E-state index contributed by atoms with van der Waals surface area (Å²) in [5.41, 5.74) is 2.34. The van der Waals surface area contributed by atoms with Gasteiger partial charge in [-0.1, -0.05) is 5.16 Å². The van der Waals surface area contributed by atoms with Gasteiger partial charge in [0.1, 0.15) is 11.9 Å². The van der Waals surface area contributed by atoms with Gasteiger partial charge in [-0.15, -0.1) is 5.10 Å². The van der Waals surface area contributed by atoms with Crippen LogP contribution in [0.4, 0.5) is 0 Å². The molecular weight excluding hydrogens is 308 g/mol. The molecule has 126 valence electrons. The van der Waals surface area contributed by atoms with Gasteiger partial charge in [0.25, 0.3) is 5.91 Å². The molecule has 24 heavy (non-hydrogen) atoms. The highest BCUT2D eigenvalue weighted by Crippen LogP contribution is 2.26. The molecule has 0 bridgehead atoms. The number of rotatable bonds is 3. The summed E-state index contributed by atoms with van der Waals surface area (Å²) in [7, 11) is 0. The first-order valence-electron chi connectivity index (χ1n) is 8.44. The molecule has 1 aliphatic carbocycles. The highest BCUT2D eigenvalue weighted by Gasteiger charge is 2.33. The number of aromatic nitrogens is 3. The summed E-state index contributed by atoms with van der Waals surface area (Å²) in [5.74, 6) is 1.33. The van der Waals surface area contributed by atoms with E-state index < -0.39 is 0 Å². The predicted molar refractivity (Wildman–Crippen MR) is 84.9 cm³/mol. The highest BCUT2D eigenvalue weighted by molar-refractivity contribution is 5.94. The van der Waals surface area contributed by atoms with Crippen molar-refractivity contribution in [3.63, 3.8) is 0 Å². The van der Waals surface area contributed by atoms with Gasteiger partial charge in [-0.05, 0) is 32.3 Å². The summed E-state index contributed by atoms with van der Waals surface area (Å²) in [6.45, 7) is 3.08. The zero-order valence-corrected chi connectivity index (χ0v) is 13.7. The Morgan fingerprint density at radius 3 is 3.00 bits per heavy atom. The summed E-state index contributed by atoms with van der Waals surface area (Å²) in [6, 6.07) is 3.67. The van der Waals surface area contributed by atoms with Gasteiger partial charge in [0.2, 0.25) is 5.88 Å². The first-order chi connectivity index (χ1) is 11.7. The van der Waals surface area contributed by atoms with Crippen LogP contribution in [0.15, 0.2) is 16.7 Å². The van der Waals surface area contributed by atoms with Crippen LogP contribution in [0.1, 0.15) is 46.8 Å². The molecule has 7 nitrogen and oxygen atoms in total. The smallest absolute Gasteiger partial charge is 0.276 e. The number of amides is 1. The van der Waals surface area contributed by atoms with E-state index in [9.17, 15) is 4.79 Å². The number of carbonyl (C=O) groups excluding carboxylic acids is 1. The van der Waals surface area contributed by atoms with Crippen molar-refractivity contribution in [3.05, 3.63) is 34.8 Å². The molecule has 2 aromatic rings. The Morgan fingerprint density at radius 2 is 2.17 bits per heavy atom. The van der Waals surface area contributed by atoms with E-state index in [-0.39, 0.29) is 12.0 Å². The Kier molecular flexibility index (Phi) is 3.92. The summed E-state index contributed by atoms with van der Waals surface area (Å²) in [5, 5.41) is 12.0. The average Bonchev–Trinajstić information content (AvgIpc) is 3.23. The lowest BCUT2D eigenvalue weighted by molar-refractivity contribution is 0.0759. The number of hydrogen-bond acceptors (Lipinski definition) is 6. The molecule has 0 aromatic carbocycles. The van der Waals surface area contributed by atoms with Crippen molar-refractivity contribution in [1.29, 1.82) is 0 Å². The highest BCUT2D eigenvalue weighted by atomic mass is 16.5. The second kappa shape index (κ2) is 6.22. The van der Waals surface area contributed by atoms with Crippen LogP contribution in [0, 0.1) is 6.92 Å². The molecule has 1 aliphatic heterocycles. The van der Waals surface area contributed by atoms with E-state index in [4.69, 9.17) is 9.26 Å². The van der Waals surface area contributed by atoms with E-state index in [1.165, 1.54) is 0 Å². The van der Waals surface area contributed by atoms with Crippen molar-refractivity contribution in [2.45, 2.75) is 45.1 Å². The lowest BCUT2D eigenvalue weighted by Crippen LogP contribution is -2.32. The first-order valence-corrected chi connectivity index (χ1v) is 8.44. The minimum absolute atomic E-state index is 0.0528. The number of ether oxygens (including phenoxy) is 1. The van der Waals surface area contributed by atoms with Crippen molar-refractivity contribution in [1.82, 2.24) is 20.3 Å². The lowest BCUT2D eigenvalue weighted by atomic mass is 9.96. The molecule has 1 saturated heterocycles. The second-order valence-electron chi connectivity index (χ2n) is 6.43. The van der Waals surface area contributed by atoms with Gasteiger partial charge in [0.15, 0.2) is 5.69 Å². The van der Waals surface area contributed by atoms with E-state index in [2.05, 4.69) is 15.4 Å². The molecule has 1 fully saturated rings. The number of carbonyl (C=O) groups is 1. The average molecular weight is 328 g/mol. The maximum atomic E-state index is 12.7. The van der Waals surface area contributed by atoms with Crippen LogP contribution in [0.2, 0.25) is 0 Å². The van der Waals surface area contributed by atoms with E-state index in [0.717, 1.165) is 49.1 Å². The number of fused-ring (bicyclic) bond motifs is 1. The topological polar surface area (TPSA) is 81.4 Å². The number of aryl methyl sites for hydroxylation is 2. The molecule has 2 aromatic heterocycles. The SMILES string of the molecule is Cc1ccc(O[C@@H]2CCN(C(=O)c3noc4c3CCCC4)C2)nn1. The fourth-order valence-electron chi connectivity index (χ4n) is 3.33. The number of likely N-dealkylation sites (tertiary alicyclic amines) is 1. The molecule has 0 unspecified atom stereocenters. The van der Waals surface area contributed by atoms with Crippen LogP contribution in [-0.2, 0) is 12.8 Å². The van der Waals surface area contributed by atoms with Gasteiger partial charge in [-0.2, -0.15) is 5.10 Å². The van der Waals surface area contributed by atoms with Crippen molar-refractivity contribution < 1.29 is 14.1 Å². The Hall–Kier alpha value is -2.44. The summed E-state index contributed by atoms with van der Waals surface area (Å²) in [4.78, 5) is 14.5. The molecule has 1 atom stereocenters. The molecule has 3 heterocycles. The van der Waals surface area contributed by atoms with Gasteiger partial charge < -0.3 is 14.2 Å². The number of nitrogens with zero attached hydrogens (tertiary/aromatic N) is 4. The van der Waals surface area contributed by atoms with Crippen LogP contribution >= 0.6 is 0 Å². The number of hydrogen-bond donors (Lipinski definition) is 0. The third-order valence-corrected chi connectivity index (χ3v) is 4.65. The van der Waals surface area contributed by atoms with Crippen LogP contribution in [0.5, 0.6) is 5.88 Å². The van der Waals surface area contributed by atoms with E-state index >= 15 is 0 Å². The normalized spacial score (nSPS) is 20.0. The van der Waals surface area contributed by atoms with Crippen molar-refractivity contribution in [2.24, 2.45) is 0 Å². The standard InChI is InChI=1S/C17H20N4O3/c1-11-6-7-15(19-18-11)23-12-8-9-21(10-12)17(22)16-13-4-2-3-5-14(13)24-20-16/h6-7,12H,2-5,8-10H2,1H3/t12-/m1/s1. The first kappa shape index (κ1) is 15.1. The maximum absolute atomic E-state index is 12.7. The van der Waals surface area contributed by atoms with Crippen LogP contribution in [-0.4, -0.2) is 45.4 Å². The monoisotopic (exact) mass is 328 g/mol. The predicted octanol–water partition coefficient (Wildman–Crippen LogP) is 1.95. The third-order valence-electron chi connectivity index (χ3n) is 4.65. The van der Waals surface area contributed by atoms with Gasteiger partial charge in [-0.25, -0.2) is 0 Å². The van der Waals surface area contributed by atoms with Crippen molar-refractivity contribution in [3.8, 4) is 5.88 Å². The van der Waals surface area contributed by atoms with E-state index in [0.29, 0.717) is 24.7 Å².